The van der Waals surface area contributed by atoms with Crippen LogP contribution in [-0.4, -0.2) is 21.2 Å². The quantitative estimate of drug-likeness (QED) is 0.531. The van der Waals surface area contributed by atoms with Crippen LogP contribution in [0.25, 0.3) is 10.2 Å². The summed E-state index contributed by atoms with van der Waals surface area (Å²) < 4.78 is 1.48. The van der Waals surface area contributed by atoms with E-state index in [1.165, 1.54) is 27.7 Å². The van der Waals surface area contributed by atoms with Crippen LogP contribution >= 0.6 is 34.7 Å². The summed E-state index contributed by atoms with van der Waals surface area (Å²) in [6, 6.07) is 9.01. The van der Waals surface area contributed by atoms with Crippen molar-refractivity contribution in [1.82, 2.24) is 14.9 Å². The summed E-state index contributed by atoms with van der Waals surface area (Å²) in [6.07, 6.45) is 0. The number of hydrogen-bond donors (Lipinski definition) is 1. The van der Waals surface area contributed by atoms with Crippen LogP contribution in [0.5, 0.6) is 0 Å². The molecule has 8 heteroatoms. The molecule has 0 aliphatic rings. The molecule has 3 aromatic rings. The minimum Gasteiger partial charge on any atom is -0.349 e. The minimum absolute atomic E-state index is 0.0938. The number of aromatic nitrogens is 2. The molecule has 1 aromatic carbocycles. The van der Waals surface area contributed by atoms with Gasteiger partial charge in [0.15, 0.2) is 5.16 Å². The third-order valence-electron chi connectivity index (χ3n) is 3.74. The Morgan fingerprint density at radius 3 is 2.80 bits per heavy atom. The average Bonchev–Trinajstić information content (AvgIpc) is 3.06. The summed E-state index contributed by atoms with van der Waals surface area (Å²) in [4.78, 5) is 29.6. The molecular weight excluding hydrogens is 378 g/mol. The lowest BCUT2D eigenvalue weighted by molar-refractivity contribution is -0.119. The number of fused-ring (bicyclic) bond motifs is 1. The Morgan fingerprint density at radius 2 is 2.08 bits per heavy atom. The molecule has 1 amide bonds. The molecule has 0 radical (unpaired) electrons. The van der Waals surface area contributed by atoms with Gasteiger partial charge in [-0.15, -0.1) is 11.3 Å². The maximum absolute atomic E-state index is 12.3. The van der Waals surface area contributed by atoms with E-state index >= 15 is 0 Å². The maximum atomic E-state index is 12.3. The van der Waals surface area contributed by atoms with Crippen molar-refractivity contribution < 1.29 is 4.79 Å². The highest BCUT2D eigenvalue weighted by Crippen LogP contribution is 2.21. The highest BCUT2D eigenvalue weighted by atomic mass is 35.5. The first-order chi connectivity index (χ1) is 12.0. The van der Waals surface area contributed by atoms with Gasteiger partial charge in [0, 0.05) is 12.1 Å². The minimum atomic E-state index is -0.123. The van der Waals surface area contributed by atoms with Gasteiger partial charge in [0.05, 0.1) is 17.2 Å². The van der Waals surface area contributed by atoms with Crippen LogP contribution in [0.2, 0.25) is 5.02 Å². The Morgan fingerprint density at radius 1 is 1.36 bits per heavy atom. The first-order valence-electron chi connectivity index (χ1n) is 7.57. The molecule has 0 bridgehead atoms. The molecule has 0 spiro atoms. The van der Waals surface area contributed by atoms with Crippen molar-refractivity contribution in [2.75, 3.05) is 5.75 Å². The second kappa shape index (κ2) is 7.59. The summed E-state index contributed by atoms with van der Waals surface area (Å²) in [6.45, 7) is 1.91. The summed E-state index contributed by atoms with van der Waals surface area (Å²) in [7, 11) is 1.67. The fraction of sp³-hybridized carbons (Fsp3) is 0.235. The number of hydrogen-bond acceptors (Lipinski definition) is 5. The Hall–Kier alpha value is -1.83. The van der Waals surface area contributed by atoms with E-state index in [1.807, 2.05) is 24.4 Å². The Balaban J connectivity index is 1.65. The molecule has 1 atom stereocenters. The predicted octanol–water partition coefficient (Wildman–Crippen LogP) is 3.62. The topological polar surface area (TPSA) is 64.0 Å². The normalized spacial score (nSPS) is 12.3. The number of carbonyl (C=O) groups is 1. The summed E-state index contributed by atoms with van der Waals surface area (Å²) in [5, 5.41) is 6.58. The molecule has 0 aliphatic carbocycles. The molecular formula is C17H16ClN3O2S2. The Bertz CT molecular complexity index is 966. The van der Waals surface area contributed by atoms with E-state index < -0.39 is 0 Å². The molecule has 1 unspecified atom stereocenters. The van der Waals surface area contributed by atoms with Crippen molar-refractivity contribution in [3.63, 3.8) is 0 Å². The van der Waals surface area contributed by atoms with Crippen LogP contribution in [0.15, 0.2) is 45.7 Å². The maximum Gasteiger partial charge on any atom is 0.262 e. The zero-order valence-corrected chi connectivity index (χ0v) is 16.0. The lowest BCUT2D eigenvalue weighted by Gasteiger charge is -2.14. The van der Waals surface area contributed by atoms with E-state index in [0.29, 0.717) is 20.4 Å². The Kier molecular flexibility index (Phi) is 5.46. The van der Waals surface area contributed by atoms with Gasteiger partial charge in [0.1, 0.15) is 4.83 Å². The zero-order chi connectivity index (χ0) is 18.0. The molecule has 25 heavy (non-hydrogen) atoms. The molecule has 0 aliphatic heterocycles. The van der Waals surface area contributed by atoms with Crippen LogP contribution in [0, 0.1) is 0 Å². The van der Waals surface area contributed by atoms with E-state index in [9.17, 15) is 9.59 Å². The van der Waals surface area contributed by atoms with Crippen LogP contribution < -0.4 is 10.9 Å². The van der Waals surface area contributed by atoms with E-state index in [-0.39, 0.29) is 23.3 Å². The predicted molar refractivity (Wildman–Crippen MR) is 104 cm³/mol. The van der Waals surface area contributed by atoms with Crippen molar-refractivity contribution in [1.29, 1.82) is 0 Å². The first kappa shape index (κ1) is 18.0. The summed E-state index contributed by atoms with van der Waals surface area (Å²) in [5.74, 6) is 0.0720. The van der Waals surface area contributed by atoms with Gasteiger partial charge in [-0.05, 0) is 36.1 Å². The lowest BCUT2D eigenvalue weighted by Crippen LogP contribution is -2.28. The first-order valence-corrected chi connectivity index (χ1v) is 9.82. The molecule has 0 fully saturated rings. The summed E-state index contributed by atoms with van der Waals surface area (Å²) >= 11 is 8.55. The number of nitrogens with zero attached hydrogens (tertiary/aromatic N) is 2. The SMILES string of the molecule is CC(NC(=O)CSc1nc2sccc2c(=O)n1C)c1ccc(Cl)cc1. The third kappa shape index (κ3) is 4.05. The number of thiophene rings is 1. The highest BCUT2D eigenvalue weighted by molar-refractivity contribution is 7.99. The van der Waals surface area contributed by atoms with E-state index in [4.69, 9.17) is 11.6 Å². The van der Waals surface area contributed by atoms with Gasteiger partial charge < -0.3 is 5.32 Å². The van der Waals surface area contributed by atoms with Gasteiger partial charge >= 0.3 is 0 Å². The van der Waals surface area contributed by atoms with Gasteiger partial charge in [-0.3, -0.25) is 14.2 Å². The van der Waals surface area contributed by atoms with Gasteiger partial charge in [0.2, 0.25) is 5.91 Å². The number of benzene rings is 1. The number of halogens is 1. The lowest BCUT2D eigenvalue weighted by atomic mass is 10.1. The van der Waals surface area contributed by atoms with Gasteiger partial charge in [-0.2, -0.15) is 0 Å². The van der Waals surface area contributed by atoms with E-state index in [0.717, 1.165) is 5.56 Å². The number of rotatable bonds is 5. The fourth-order valence-corrected chi connectivity index (χ4v) is 4.07. The third-order valence-corrected chi connectivity index (χ3v) is 5.83. The van der Waals surface area contributed by atoms with Crippen LogP contribution in [-0.2, 0) is 11.8 Å². The van der Waals surface area contributed by atoms with E-state index in [1.54, 1.807) is 25.2 Å². The second-order valence-electron chi connectivity index (χ2n) is 5.53. The van der Waals surface area contributed by atoms with Crippen molar-refractivity contribution in [3.8, 4) is 0 Å². The number of nitrogens with one attached hydrogen (secondary N) is 1. The molecule has 0 saturated carbocycles. The largest absolute Gasteiger partial charge is 0.349 e. The van der Waals surface area contributed by atoms with Crippen LogP contribution in [0.3, 0.4) is 0 Å². The van der Waals surface area contributed by atoms with Crippen molar-refractivity contribution >= 4 is 50.8 Å². The molecule has 1 N–H and O–H groups in total. The number of carbonyl (C=O) groups excluding carboxylic acids is 1. The number of amides is 1. The second-order valence-corrected chi connectivity index (χ2v) is 7.80. The number of thioether (sulfide) groups is 1. The van der Waals surface area contributed by atoms with E-state index in [2.05, 4.69) is 10.3 Å². The smallest absolute Gasteiger partial charge is 0.262 e. The van der Waals surface area contributed by atoms with Gasteiger partial charge in [0.25, 0.3) is 5.56 Å². The van der Waals surface area contributed by atoms with Crippen molar-refractivity contribution in [2.45, 2.75) is 18.1 Å². The molecule has 130 valence electrons. The summed E-state index contributed by atoms with van der Waals surface area (Å²) in [5.41, 5.74) is 0.886. The molecule has 0 saturated heterocycles. The van der Waals surface area contributed by atoms with Crippen LogP contribution in [0.4, 0.5) is 0 Å². The zero-order valence-electron chi connectivity index (χ0n) is 13.7. The van der Waals surface area contributed by atoms with Crippen molar-refractivity contribution in [2.24, 2.45) is 7.05 Å². The monoisotopic (exact) mass is 393 g/mol. The van der Waals surface area contributed by atoms with Gasteiger partial charge in [-0.25, -0.2) is 4.98 Å². The molecule has 2 heterocycles. The Labute approximate surface area is 158 Å². The van der Waals surface area contributed by atoms with Gasteiger partial charge in [-0.1, -0.05) is 35.5 Å². The molecule has 5 nitrogen and oxygen atoms in total. The highest BCUT2D eigenvalue weighted by Gasteiger charge is 2.13. The fourth-order valence-electron chi connectivity index (χ4n) is 2.36. The molecule has 2 aromatic heterocycles. The standard InChI is InChI=1S/C17H16ClN3O2S2/c1-10(11-3-5-12(18)6-4-11)19-14(22)9-25-17-20-15-13(7-8-24-15)16(23)21(17)2/h3-8,10H,9H2,1-2H3,(H,19,22). The van der Waals surface area contributed by atoms with Crippen LogP contribution in [0.1, 0.15) is 18.5 Å². The molecule has 3 rings (SSSR count). The average molecular weight is 394 g/mol. The van der Waals surface area contributed by atoms with Crippen molar-refractivity contribution in [3.05, 3.63) is 56.7 Å².